The van der Waals surface area contributed by atoms with E-state index in [1.165, 1.54) is 30.5 Å². The van der Waals surface area contributed by atoms with E-state index >= 15 is 0 Å². The van der Waals surface area contributed by atoms with E-state index in [1.54, 1.807) is 0 Å². The number of aryl methyl sites for hydroxylation is 1. The van der Waals surface area contributed by atoms with Crippen molar-refractivity contribution in [2.24, 2.45) is 0 Å². The van der Waals surface area contributed by atoms with Crippen molar-refractivity contribution in [3.05, 3.63) is 41.7 Å². The molecule has 1 aliphatic rings. The summed E-state index contributed by atoms with van der Waals surface area (Å²) < 4.78 is 0. The fourth-order valence-corrected chi connectivity index (χ4v) is 1.93. The van der Waals surface area contributed by atoms with Gasteiger partial charge in [0.05, 0.1) is 5.69 Å². The highest BCUT2D eigenvalue weighted by molar-refractivity contribution is 5.25. The average Bonchev–Trinajstić information content (AvgIpc) is 2.20. The van der Waals surface area contributed by atoms with Gasteiger partial charge < -0.3 is 0 Å². The number of aromatic nitrogens is 1. The molecule has 1 aliphatic carbocycles. The van der Waals surface area contributed by atoms with Gasteiger partial charge in [-0.05, 0) is 37.8 Å². The summed E-state index contributed by atoms with van der Waals surface area (Å²) in [4.78, 5) is 4.45. The maximum absolute atomic E-state index is 4.45. The third kappa shape index (κ3) is 1.80. The van der Waals surface area contributed by atoms with Crippen LogP contribution in [0, 0.1) is 6.92 Å². The van der Waals surface area contributed by atoms with Gasteiger partial charge in [0.1, 0.15) is 0 Å². The molecule has 68 valence electrons. The summed E-state index contributed by atoms with van der Waals surface area (Å²) in [6.45, 7) is 2.14. The van der Waals surface area contributed by atoms with Gasteiger partial charge in [0.2, 0.25) is 0 Å². The highest BCUT2D eigenvalue weighted by atomic mass is 14.7. The summed E-state index contributed by atoms with van der Waals surface area (Å²) in [5.74, 6) is 0.565. The number of allylic oxidation sites excluding steroid dienone is 2. The van der Waals surface area contributed by atoms with E-state index in [4.69, 9.17) is 0 Å². The lowest BCUT2D eigenvalue weighted by atomic mass is 9.91. The molecule has 0 unspecified atom stereocenters. The molecule has 1 nitrogen and oxygen atoms in total. The topological polar surface area (TPSA) is 12.9 Å². The zero-order valence-electron chi connectivity index (χ0n) is 8.03. The van der Waals surface area contributed by atoms with Gasteiger partial charge in [0, 0.05) is 12.1 Å². The van der Waals surface area contributed by atoms with Crippen molar-refractivity contribution in [3.63, 3.8) is 0 Å². The van der Waals surface area contributed by atoms with Crippen molar-refractivity contribution in [3.8, 4) is 0 Å². The minimum atomic E-state index is 0.565. The van der Waals surface area contributed by atoms with Gasteiger partial charge in [-0.1, -0.05) is 18.2 Å². The number of pyridine rings is 1. The number of hydrogen-bond donors (Lipinski definition) is 0. The van der Waals surface area contributed by atoms with Gasteiger partial charge in [-0.15, -0.1) is 0 Å². The molecular formula is C12H15N. The molecule has 0 fully saturated rings. The fraction of sp³-hybridized carbons (Fsp3) is 0.417. The summed E-state index contributed by atoms with van der Waals surface area (Å²) in [7, 11) is 0. The Morgan fingerprint density at radius 1 is 1.46 bits per heavy atom. The summed E-state index contributed by atoms with van der Waals surface area (Å²) in [6, 6.07) is 4.15. The summed E-state index contributed by atoms with van der Waals surface area (Å²) >= 11 is 0. The van der Waals surface area contributed by atoms with Crippen LogP contribution in [0.3, 0.4) is 0 Å². The van der Waals surface area contributed by atoms with Crippen molar-refractivity contribution < 1.29 is 0 Å². The van der Waals surface area contributed by atoms with Crippen LogP contribution in [0.5, 0.6) is 0 Å². The van der Waals surface area contributed by atoms with Crippen molar-refractivity contribution in [1.29, 1.82) is 0 Å². The molecular weight excluding hydrogens is 158 g/mol. The Morgan fingerprint density at radius 2 is 2.38 bits per heavy atom. The number of nitrogens with zero attached hydrogens (tertiary/aromatic N) is 1. The standard InChI is InChI=1S/C12H15N/c1-10-6-5-9-13-12(10)11-7-3-2-4-8-11/h3,5-7,9,11H,2,4,8H2,1H3/t11-/m0/s1. The Hall–Kier alpha value is -1.11. The van der Waals surface area contributed by atoms with E-state index in [9.17, 15) is 0 Å². The highest BCUT2D eigenvalue weighted by Crippen LogP contribution is 2.27. The third-order valence-electron chi connectivity index (χ3n) is 2.66. The molecule has 0 spiro atoms. The minimum absolute atomic E-state index is 0.565. The Labute approximate surface area is 79.5 Å². The predicted molar refractivity (Wildman–Crippen MR) is 54.7 cm³/mol. The Bertz CT molecular complexity index is 315. The molecule has 0 aromatic carbocycles. The van der Waals surface area contributed by atoms with Crippen molar-refractivity contribution in [1.82, 2.24) is 4.98 Å². The van der Waals surface area contributed by atoms with Crippen LogP contribution in [0.1, 0.15) is 36.4 Å². The first kappa shape index (κ1) is 8.49. The molecule has 1 atom stereocenters. The molecule has 2 rings (SSSR count). The molecule has 0 aliphatic heterocycles. The van der Waals surface area contributed by atoms with Crippen LogP contribution >= 0.6 is 0 Å². The van der Waals surface area contributed by atoms with E-state index < -0.39 is 0 Å². The highest BCUT2D eigenvalue weighted by Gasteiger charge is 2.13. The summed E-state index contributed by atoms with van der Waals surface area (Å²) in [5, 5.41) is 0. The van der Waals surface area contributed by atoms with Gasteiger partial charge in [-0.2, -0.15) is 0 Å². The zero-order chi connectivity index (χ0) is 9.10. The van der Waals surface area contributed by atoms with E-state index in [2.05, 4.69) is 30.1 Å². The lowest BCUT2D eigenvalue weighted by Crippen LogP contribution is -2.03. The van der Waals surface area contributed by atoms with E-state index in [-0.39, 0.29) is 0 Å². The molecule has 0 saturated carbocycles. The average molecular weight is 173 g/mol. The van der Waals surface area contributed by atoms with Gasteiger partial charge in [-0.25, -0.2) is 0 Å². The molecule has 13 heavy (non-hydrogen) atoms. The van der Waals surface area contributed by atoms with Crippen molar-refractivity contribution in [2.45, 2.75) is 32.1 Å². The molecule has 0 amide bonds. The maximum atomic E-state index is 4.45. The number of hydrogen-bond acceptors (Lipinski definition) is 1. The molecule has 1 heterocycles. The molecule has 0 N–H and O–H groups in total. The molecule has 0 bridgehead atoms. The summed E-state index contributed by atoms with van der Waals surface area (Å²) in [6.07, 6.45) is 10.3. The molecule has 1 heteroatoms. The van der Waals surface area contributed by atoms with Gasteiger partial charge in [0.25, 0.3) is 0 Å². The minimum Gasteiger partial charge on any atom is -0.260 e. The van der Waals surface area contributed by atoms with Crippen LogP contribution in [0.4, 0.5) is 0 Å². The van der Waals surface area contributed by atoms with Crippen LogP contribution in [-0.2, 0) is 0 Å². The fourth-order valence-electron chi connectivity index (χ4n) is 1.93. The molecule has 0 saturated heterocycles. The molecule has 1 aromatic rings. The second kappa shape index (κ2) is 3.73. The smallest absolute Gasteiger partial charge is 0.0501 e. The van der Waals surface area contributed by atoms with E-state index in [0.29, 0.717) is 5.92 Å². The molecule has 0 radical (unpaired) electrons. The third-order valence-corrected chi connectivity index (χ3v) is 2.66. The Morgan fingerprint density at radius 3 is 3.08 bits per heavy atom. The van der Waals surface area contributed by atoms with Crippen LogP contribution in [0.2, 0.25) is 0 Å². The van der Waals surface area contributed by atoms with Crippen molar-refractivity contribution in [2.75, 3.05) is 0 Å². The lowest BCUT2D eigenvalue weighted by Gasteiger charge is -2.17. The van der Waals surface area contributed by atoms with Crippen LogP contribution in [0.25, 0.3) is 0 Å². The van der Waals surface area contributed by atoms with Gasteiger partial charge in [-0.3, -0.25) is 4.98 Å². The predicted octanol–water partition coefficient (Wildman–Crippen LogP) is 3.21. The van der Waals surface area contributed by atoms with Crippen LogP contribution in [0.15, 0.2) is 30.5 Å². The normalized spacial score (nSPS) is 21.8. The monoisotopic (exact) mass is 173 g/mol. The second-order valence-corrected chi connectivity index (χ2v) is 3.67. The summed E-state index contributed by atoms with van der Waals surface area (Å²) in [5.41, 5.74) is 2.58. The van der Waals surface area contributed by atoms with Crippen molar-refractivity contribution >= 4 is 0 Å². The second-order valence-electron chi connectivity index (χ2n) is 3.67. The van der Waals surface area contributed by atoms with Gasteiger partial charge >= 0.3 is 0 Å². The first-order valence-electron chi connectivity index (χ1n) is 4.96. The first-order chi connectivity index (χ1) is 6.38. The molecule has 1 aromatic heterocycles. The van der Waals surface area contributed by atoms with E-state index in [0.717, 1.165) is 0 Å². The van der Waals surface area contributed by atoms with Gasteiger partial charge in [0.15, 0.2) is 0 Å². The lowest BCUT2D eigenvalue weighted by molar-refractivity contribution is 0.638. The largest absolute Gasteiger partial charge is 0.260 e. The zero-order valence-corrected chi connectivity index (χ0v) is 8.03. The quantitative estimate of drug-likeness (QED) is 0.594. The van der Waals surface area contributed by atoms with Crippen LogP contribution in [-0.4, -0.2) is 4.98 Å². The maximum Gasteiger partial charge on any atom is 0.0501 e. The Kier molecular flexibility index (Phi) is 2.44. The first-order valence-corrected chi connectivity index (χ1v) is 4.96. The van der Waals surface area contributed by atoms with E-state index in [1.807, 2.05) is 12.3 Å². The SMILES string of the molecule is Cc1cccnc1[C@H]1C=CCCC1. The van der Waals surface area contributed by atoms with Crippen LogP contribution < -0.4 is 0 Å². The number of rotatable bonds is 1. The Balaban J connectivity index is 2.29.